The monoisotopic (exact) mass is 380 g/mol. The first-order valence-corrected chi connectivity index (χ1v) is 12.2. The number of rotatable bonds is 10. The van der Waals surface area contributed by atoms with E-state index in [2.05, 4.69) is 27.7 Å². The minimum atomic E-state index is -2.92. The summed E-state index contributed by atoms with van der Waals surface area (Å²) in [5.74, 6) is 1.68. The molecule has 1 fully saturated rings. The molecule has 1 aromatic carbocycles. The van der Waals surface area contributed by atoms with E-state index in [4.69, 9.17) is 9.26 Å². The van der Waals surface area contributed by atoms with Crippen LogP contribution in [0.25, 0.3) is 0 Å². The third-order valence-electron chi connectivity index (χ3n) is 5.59. The lowest BCUT2D eigenvalue weighted by atomic mass is 9.75. The summed E-state index contributed by atoms with van der Waals surface area (Å²) < 4.78 is 26.1. The summed E-state index contributed by atoms with van der Waals surface area (Å²) >= 11 is 0. The van der Waals surface area contributed by atoms with Crippen LogP contribution in [0, 0.1) is 17.8 Å². The topological polar surface area (TPSA) is 35.5 Å². The molecule has 0 saturated heterocycles. The van der Waals surface area contributed by atoms with Crippen molar-refractivity contribution >= 4 is 12.7 Å². The van der Waals surface area contributed by atoms with Crippen molar-refractivity contribution in [3.63, 3.8) is 0 Å². The fraction of sp³-hybridized carbons (Fsp3) is 0.727. The van der Waals surface area contributed by atoms with Gasteiger partial charge in [-0.3, -0.25) is 4.57 Å². The summed E-state index contributed by atoms with van der Waals surface area (Å²) in [7, 11) is -2.92. The SMILES string of the molecule is CCCCOCC[P@](=O)(O[C@@H]1C[C@H](C)CC[C@H]1C(C)C)c1ccccc1. The molecule has 1 saturated carbocycles. The van der Waals surface area contributed by atoms with Crippen LogP contribution in [0.2, 0.25) is 0 Å². The Labute approximate surface area is 160 Å². The molecule has 0 spiro atoms. The van der Waals surface area contributed by atoms with Crippen LogP contribution in [-0.2, 0) is 13.8 Å². The number of hydrogen-bond donors (Lipinski definition) is 0. The maximum Gasteiger partial charge on any atom is 0.234 e. The lowest BCUT2D eigenvalue weighted by molar-refractivity contribution is 0.0484. The first kappa shape index (κ1) is 21.7. The molecule has 0 N–H and O–H groups in total. The first-order valence-electron chi connectivity index (χ1n) is 10.4. The van der Waals surface area contributed by atoms with Crippen LogP contribution in [0.15, 0.2) is 30.3 Å². The van der Waals surface area contributed by atoms with E-state index in [1.165, 1.54) is 12.8 Å². The van der Waals surface area contributed by atoms with Gasteiger partial charge in [-0.05, 0) is 49.1 Å². The summed E-state index contributed by atoms with van der Waals surface area (Å²) in [5.41, 5.74) is 0. The van der Waals surface area contributed by atoms with E-state index in [9.17, 15) is 4.57 Å². The van der Waals surface area contributed by atoms with Gasteiger partial charge in [-0.15, -0.1) is 0 Å². The molecule has 0 aliphatic heterocycles. The largest absolute Gasteiger partial charge is 0.381 e. The second kappa shape index (κ2) is 10.6. The molecular formula is C22H37O3P. The number of benzene rings is 1. The lowest BCUT2D eigenvalue weighted by Gasteiger charge is -2.39. The quantitative estimate of drug-likeness (QED) is 0.375. The van der Waals surface area contributed by atoms with Crippen LogP contribution in [-0.4, -0.2) is 25.5 Å². The average Bonchev–Trinajstić information content (AvgIpc) is 2.62. The maximum absolute atomic E-state index is 13.9. The van der Waals surface area contributed by atoms with Gasteiger partial charge in [-0.25, -0.2) is 0 Å². The predicted octanol–water partition coefficient (Wildman–Crippen LogP) is 5.88. The van der Waals surface area contributed by atoms with Gasteiger partial charge in [0, 0.05) is 11.9 Å². The van der Waals surface area contributed by atoms with E-state index in [1.54, 1.807) is 0 Å². The molecule has 1 aliphatic rings. The summed E-state index contributed by atoms with van der Waals surface area (Å²) in [6, 6.07) is 9.76. The molecule has 1 aliphatic carbocycles. The highest BCUT2D eigenvalue weighted by Gasteiger charge is 2.37. The molecule has 4 heteroatoms. The molecule has 1 aromatic rings. The van der Waals surface area contributed by atoms with E-state index in [0.717, 1.165) is 31.2 Å². The average molecular weight is 381 g/mol. The van der Waals surface area contributed by atoms with Crippen LogP contribution in [0.5, 0.6) is 0 Å². The molecule has 148 valence electrons. The lowest BCUT2D eigenvalue weighted by Crippen LogP contribution is -2.35. The second-order valence-corrected chi connectivity index (χ2v) is 10.7. The van der Waals surface area contributed by atoms with Gasteiger partial charge in [-0.2, -0.15) is 0 Å². The van der Waals surface area contributed by atoms with Gasteiger partial charge in [0.2, 0.25) is 7.37 Å². The van der Waals surface area contributed by atoms with Gasteiger partial charge < -0.3 is 9.26 Å². The van der Waals surface area contributed by atoms with Gasteiger partial charge >= 0.3 is 0 Å². The number of ether oxygens (including phenoxy) is 1. The second-order valence-electron chi connectivity index (χ2n) is 8.17. The Morgan fingerprint density at radius 2 is 1.88 bits per heavy atom. The molecule has 0 aromatic heterocycles. The zero-order chi connectivity index (χ0) is 19.0. The Balaban J connectivity index is 2.13. The Kier molecular flexibility index (Phi) is 8.87. The van der Waals surface area contributed by atoms with Crippen molar-refractivity contribution in [2.75, 3.05) is 19.4 Å². The van der Waals surface area contributed by atoms with Gasteiger partial charge in [-0.1, -0.05) is 58.7 Å². The van der Waals surface area contributed by atoms with E-state index < -0.39 is 7.37 Å². The Hall–Kier alpha value is -0.630. The van der Waals surface area contributed by atoms with Crippen molar-refractivity contribution < 1.29 is 13.8 Å². The molecular weight excluding hydrogens is 343 g/mol. The van der Waals surface area contributed by atoms with E-state index in [0.29, 0.717) is 30.5 Å². The molecule has 3 nitrogen and oxygen atoms in total. The molecule has 0 heterocycles. The molecule has 2 rings (SSSR count). The summed E-state index contributed by atoms with van der Waals surface area (Å²) in [6.45, 7) is 10.2. The first-order chi connectivity index (χ1) is 12.5. The minimum Gasteiger partial charge on any atom is -0.381 e. The normalized spacial score (nSPS) is 26.0. The minimum absolute atomic E-state index is 0.0837. The molecule has 0 unspecified atom stereocenters. The van der Waals surface area contributed by atoms with Crippen LogP contribution in [0.3, 0.4) is 0 Å². The molecule has 0 radical (unpaired) electrons. The van der Waals surface area contributed by atoms with Crippen LogP contribution < -0.4 is 5.30 Å². The Morgan fingerprint density at radius 3 is 2.54 bits per heavy atom. The van der Waals surface area contributed by atoms with Crippen molar-refractivity contribution in [2.24, 2.45) is 17.8 Å². The van der Waals surface area contributed by atoms with Crippen LogP contribution in [0.4, 0.5) is 0 Å². The van der Waals surface area contributed by atoms with Gasteiger partial charge in [0.25, 0.3) is 0 Å². The summed E-state index contributed by atoms with van der Waals surface area (Å²) in [5, 5.41) is 0.833. The molecule has 0 amide bonds. The molecule has 0 bridgehead atoms. The zero-order valence-corrected chi connectivity index (χ0v) is 17.9. The Morgan fingerprint density at radius 1 is 1.15 bits per heavy atom. The highest BCUT2D eigenvalue weighted by atomic mass is 31.2. The molecule has 26 heavy (non-hydrogen) atoms. The number of hydrogen-bond acceptors (Lipinski definition) is 3. The van der Waals surface area contributed by atoms with E-state index in [1.807, 2.05) is 30.3 Å². The predicted molar refractivity (Wildman–Crippen MR) is 110 cm³/mol. The maximum atomic E-state index is 13.9. The standard InChI is InChI=1S/C22H37O3P/c1-5-6-14-24-15-16-26(23,20-10-8-7-9-11-20)25-22-17-19(4)12-13-21(22)18(2)3/h7-11,18-19,21-22H,5-6,12-17H2,1-4H3/t19-,21+,22-,26+/m1/s1. The van der Waals surface area contributed by atoms with E-state index in [-0.39, 0.29) is 6.10 Å². The number of unbranched alkanes of at least 4 members (excludes halogenated alkanes) is 1. The van der Waals surface area contributed by atoms with Gasteiger partial charge in [0.15, 0.2) is 0 Å². The molecule has 4 atom stereocenters. The fourth-order valence-electron chi connectivity index (χ4n) is 3.89. The van der Waals surface area contributed by atoms with Crippen molar-refractivity contribution in [3.05, 3.63) is 30.3 Å². The van der Waals surface area contributed by atoms with Crippen molar-refractivity contribution in [2.45, 2.75) is 65.9 Å². The van der Waals surface area contributed by atoms with E-state index >= 15 is 0 Å². The smallest absolute Gasteiger partial charge is 0.234 e. The third kappa shape index (κ3) is 6.22. The van der Waals surface area contributed by atoms with Crippen molar-refractivity contribution in [1.29, 1.82) is 0 Å². The fourth-order valence-corrected chi connectivity index (χ4v) is 6.05. The van der Waals surface area contributed by atoms with Crippen molar-refractivity contribution in [3.8, 4) is 0 Å². The Bertz CT molecular complexity index is 558. The third-order valence-corrected chi connectivity index (χ3v) is 8.06. The highest BCUT2D eigenvalue weighted by Crippen LogP contribution is 2.51. The zero-order valence-electron chi connectivity index (χ0n) is 17.0. The van der Waals surface area contributed by atoms with Crippen LogP contribution in [0.1, 0.15) is 59.8 Å². The summed E-state index contributed by atoms with van der Waals surface area (Å²) in [4.78, 5) is 0. The van der Waals surface area contributed by atoms with Crippen molar-refractivity contribution in [1.82, 2.24) is 0 Å². The summed E-state index contributed by atoms with van der Waals surface area (Å²) in [6.07, 6.45) is 6.14. The van der Waals surface area contributed by atoms with Crippen LogP contribution >= 0.6 is 7.37 Å². The van der Waals surface area contributed by atoms with Gasteiger partial charge in [0.05, 0.1) is 18.9 Å². The highest BCUT2D eigenvalue weighted by molar-refractivity contribution is 7.67. The van der Waals surface area contributed by atoms with Gasteiger partial charge in [0.1, 0.15) is 0 Å².